The second-order valence-electron chi connectivity index (χ2n) is 4.95. The zero-order valence-corrected chi connectivity index (χ0v) is 14.0. The minimum atomic E-state index is 0.419. The number of fused-ring (bicyclic) bond motifs is 1. The van der Waals surface area contributed by atoms with Crippen LogP contribution in [0.1, 0.15) is 37.8 Å². The lowest BCUT2D eigenvalue weighted by molar-refractivity contribution is 0.314. The van der Waals surface area contributed by atoms with Crippen LogP contribution in [0.25, 0.3) is 0 Å². The molecule has 1 aliphatic rings. The fourth-order valence-corrected chi connectivity index (χ4v) is 3.56. The van der Waals surface area contributed by atoms with Crippen molar-refractivity contribution in [2.24, 2.45) is 0 Å². The Kier molecular flexibility index (Phi) is 6.05. The first-order chi connectivity index (χ1) is 9.24. The van der Waals surface area contributed by atoms with Crippen LogP contribution < -0.4 is 10.1 Å². The maximum atomic E-state index is 5.86. The summed E-state index contributed by atoms with van der Waals surface area (Å²) >= 11 is 5.43. The van der Waals surface area contributed by atoms with E-state index in [4.69, 9.17) is 4.74 Å². The summed E-state index contributed by atoms with van der Waals surface area (Å²) in [6.45, 7) is 3.07. The zero-order valence-electron chi connectivity index (χ0n) is 11.6. The number of nitrogens with one attached hydrogen (secondary N) is 1. The van der Waals surface area contributed by atoms with Gasteiger partial charge in [0.05, 0.1) is 6.61 Å². The van der Waals surface area contributed by atoms with Gasteiger partial charge in [-0.2, -0.15) is 11.8 Å². The molecule has 19 heavy (non-hydrogen) atoms. The quantitative estimate of drug-likeness (QED) is 0.856. The standard InChI is InChI=1S/C15H22BrNOS/c1-3-12(10-19-2)17-14-5-4-8-18-15-9-11(16)6-7-13(14)15/h6-7,9,12,14,17H,3-5,8,10H2,1-2H3. The van der Waals surface area contributed by atoms with Crippen LogP contribution in [-0.2, 0) is 0 Å². The largest absolute Gasteiger partial charge is 0.493 e. The third-order valence-corrected chi connectivity index (χ3v) is 4.77. The molecule has 0 aliphatic carbocycles. The van der Waals surface area contributed by atoms with E-state index in [-0.39, 0.29) is 0 Å². The summed E-state index contributed by atoms with van der Waals surface area (Å²) in [5.41, 5.74) is 1.31. The molecule has 2 rings (SSSR count). The molecule has 1 aromatic carbocycles. The average Bonchev–Trinajstić information content (AvgIpc) is 2.60. The minimum absolute atomic E-state index is 0.419. The summed E-state index contributed by atoms with van der Waals surface area (Å²) in [6, 6.07) is 7.38. The van der Waals surface area contributed by atoms with E-state index in [1.807, 2.05) is 11.8 Å². The summed E-state index contributed by atoms with van der Waals surface area (Å²) in [5, 5.41) is 3.81. The van der Waals surface area contributed by atoms with E-state index in [0.717, 1.165) is 29.7 Å². The monoisotopic (exact) mass is 343 g/mol. The molecule has 1 aromatic rings. The van der Waals surface area contributed by atoms with Crippen molar-refractivity contribution < 1.29 is 4.74 Å². The second kappa shape index (κ2) is 7.55. The van der Waals surface area contributed by atoms with Gasteiger partial charge >= 0.3 is 0 Å². The molecule has 1 N–H and O–H groups in total. The molecule has 2 unspecified atom stereocenters. The SMILES string of the molecule is CCC(CSC)NC1CCCOc2cc(Br)ccc21. The van der Waals surface area contributed by atoms with Gasteiger partial charge in [0.25, 0.3) is 0 Å². The maximum Gasteiger partial charge on any atom is 0.125 e. The van der Waals surface area contributed by atoms with Crippen LogP contribution in [0.5, 0.6) is 5.75 Å². The normalized spacial score (nSPS) is 20.3. The highest BCUT2D eigenvalue weighted by atomic mass is 79.9. The Hall–Kier alpha value is -0.190. The Balaban J connectivity index is 2.17. The first-order valence-corrected chi connectivity index (χ1v) is 9.10. The van der Waals surface area contributed by atoms with Gasteiger partial charge in [-0.25, -0.2) is 0 Å². The number of thioether (sulfide) groups is 1. The summed E-state index contributed by atoms with van der Waals surface area (Å²) in [5.74, 6) is 2.20. The molecule has 4 heteroatoms. The molecular formula is C15H22BrNOS. The molecule has 0 spiro atoms. The molecule has 1 heterocycles. The van der Waals surface area contributed by atoms with Gasteiger partial charge in [0.1, 0.15) is 5.75 Å². The predicted octanol–water partition coefficient (Wildman–Crippen LogP) is 4.39. The van der Waals surface area contributed by atoms with Gasteiger partial charge in [-0.1, -0.05) is 28.9 Å². The molecule has 0 aromatic heterocycles. The van der Waals surface area contributed by atoms with E-state index in [2.05, 4.69) is 52.6 Å². The van der Waals surface area contributed by atoms with E-state index < -0.39 is 0 Å². The summed E-state index contributed by atoms with van der Waals surface area (Å²) in [4.78, 5) is 0. The van der Waals surface area contributed by atoms with Crippen LogP contribution in [-0.4, -0.2) is 24.7 Å². The topological polar surface area (TPSA) is 21.3 Å². The van der Waals surface area contributed by atoms with Crippen LogP contribution in [0.3, 0.4) is 0 Å². The summed E-state index contributed by atoms with van der Waals surface area (Å²) in [7, 11) is 0. The van der Waals surface area contributed by atoms with Crippen LogP contribution in [0.15, 0.2) is 22.7 Å². The molecule has 1 aliphatic heterocycles. The highest BCUT2D eigenvalue weighted by Crippen LogP contribution is 2.34. The molecule has 0 amide bonds. The molecule has 2 atom stereocenters. The van der Waals surface area contributed by atoms with Crippen molar-refractivity contribution in [1.29, 1.82) is 0 Å². The Morgan fingerprint density at radius 3 is 3.11 bits per heavy atom. The minimum Gasteiger partial charge on any atom is -0.493 e. The molecule has 0 fully saturated rings. The van der Waals surface area contributed by atoms with E-state index in [9.17, 15) is 0 Å². The molecule has 0 saturated heterocycles. The van der Waals surface area contributed by atoms with Crippen molar-refractivity contribution in [2.45, 2.75) is 38.3 Å². The molecular weight excluding hydrogens is 322 g/mol. The van der Waals surface area contributed by atoms with Crippen molar-refractivity contribution in [3.8, 4) is 5.75 Å². The van der Waals surface area contributed by atoms with Crippen molar-refractivity contribution >= 4 is 27.7 Å². The number of hydrogen-bond donors (Lipinski definition) is 1. The summed E-state index contributed by atoms with van der Waals surface area (Å²) < 4.78 is 6.95. The lowest BCUT2D eigenvalue weighted by Gasteiger charge is -2.24. The predicted molar refractivity (Wildman–Crippen MR) is 87.2 cm³/mol. The molecule has 106 valence electrons. The maximum absolute atomic E-state index is 5.86. The molecule has 0 saturated carbocycles. The first-order valence-electron chi connectivity index (χ1n) is 6.91. The highest BCUT2D eigenvalue weighted by molar-refractivity contribution is 9.10. The van der Waals surface area contributed by atoms with Crippen LogP contribution in [0.2, 0.25) is 0 Å². The number of benzene rings is 1. The Bertz CT molecular complexity index is 413. The van der Waals surface area contributed by atoms with Gasteiger partial charge in [0.15, 0.2) is 0 Å². The Morgan fingerprint density at radius 1 is 1.53 bits per heavy atom. The van der Waals surface area contributed by atoms with Crippen molar-refractivity contribution in [2.75, 3.05) is 18.6 Å². The first kappa shape index (κ1) is 15.2. The van der Waals surface area contributed by atoms with E-state index in [1.54, 1.807) is 0 Å². The molecule has 2 nitrogen and oxygen atoms in total. The summed E-state index contributed by atoms with van der Waals surface area (Å²) in [6.07, 6.45) is 5.61. The van der Waals surface area contributed by atoms with Crippen LogP contribution >= 0.6 is 27.7 Å². The van der Waals surface area contributed by atoms with Crippen molar-refractivity contribution in [3.63, 3.8) is 0 Å². The van der Waals surface area contributed by atoms with Gasteiger partial charge < -0.3 is 10.1 Å². The molecule has 0 radical (unpaired) electrons. The second-order valence-corrected chi connectivity index (χ2v) is 6.78. The van der Waals surface area contributed by atoms with Gasteiger partial charge in [-0.05, 0) is 37.7 Å². The van der Waals surface area contributed by atoms with Gasteiger partial charge in [-0.15, -0.1) is 0 Å². The number of ether oxygens (including phenoxy) is 1. The van der Waals surface area contributed by atoms with Crippen molar-refractivity contribution in [3.05, 3.63) is 28.2 Å². The number of hydrogen-bond acceptors (Lipinski definition) is 3. The molecule has 0 bridgehead atoms. The number of rotatable bonds is 5. The van der Waals surface area contributed by atoms with Crippen molar-refractivity contribution in [1.82, 2.24) is 5.32 Å². The third-order valence-electron chi connectivity index (χ3n) is 3.54. The van der Waals surface area contributed by atoms with E-state index in [0.29, 0.717) is 12.1 Å². The highest BCUT2D eigenvalue weighted by Gasteiger charge is 2.21. The fourth-order valence-electron chi connectivity index (χ4n) is 2.49. The third kappa shape index (κ3) is 4.14. The van der Waals surface area contributed by atoms with E-state index >= 15 is 0 Å². The van der Waals surface area contributed by atoms with Crippen LogP contribution in [0.4, 0.5) is 0 Å². The van der Waals surface area contributed by atoms with Crippen LogP contribution in [0, 0.1) is 0 Å². The Labute approximate surface area is 128 Å². The smallest absolute Gasteiger partial charge is 0.125 e. The number of halogens is 1. The van der Waals surface area contributed by atoms with E-state index in [1.165, 1.54) is 17.7 Å². The van der Waals surface area contributed by atoms with Gasteiger partial charge in [0, 0.05) is 27.9 Å². The zero-order chi connectivity index (χ0) is 13.7. The lowest BCUT2D eigenvalue weighted by atomic mass is 10.0. The fraction of sp³-hybridized carbons (Fsp3) is 0.600. The average molecular weight is 344 g/mol. The van der Waals surface area contributed by atoms with Gasteiger partial charge in [0.2, 0.25) is 0 Å². The Morgan fingerprint density at radius 2 is 2.37 bits per heavy atom. The van der Waals surface area contributed by atoms with Gasteiger partial charge in [-0.3, -0.25) is 0 Å². The lowest BCUT2D eigenvalue weighted by Crippen LogP contribution is -2.34.